The van der Waals surface area contributed by atoms with Crippen molar-refractivity contribution in [3.8, 4) is 11.3 Å². The van der Waals surface area contributed by atoms with Gasteiger partial charge >= 0.3 is 0 Å². The second-order valence-corrected chi connectivity index (χ2v) is 5.40. The first-order chi connectivity index (χ1) is 10.1. The Labute approximate surface area is 124 Å². The Morgan fingerprint density at radius 2 is 1.95 bits per heavy atom. The second kappa shape index (κ2) is 5.29. The number of nitro groups is 1. The summed E-state index contributed by atoms with van der Waals surface area (Å²) >= 11 is 5.83. The van der Waals surface area contributed by atoms with Gasteiger partial charge < -0.3 is 0 Å². The molecule has 1 N–H and O–H groups in total. The van der Waals surface area contributed by atoms with Crippen molar-refractivity contribution in [2.45, 2.75) is 25.7 Å². The summed E-state index contributed by atoms with van der Waals surface area (Å²) in [6.07, 6.45) is 3.44. The van der Waals surface area contributed by atoms with E-state index in [2.05, 4.69) is 10.2 Å². The lowest BCUT2D eigenvalue weighted by atomic mass is 9.90. The average Bonchev–Trinajstić information content (AvgIpc) is 2.48. The largest absolute Gasteiger partial charge is 0.288 e. The summed E-state index contributed by atoms with van der Waals surface area (Å²) in [5.41, 5.74) is 2.50. The number of aromatic nitrogens is 2. The molecule has 0 saturated heterocycles. The summed E-state index contributed by atoms with van der Waals surface area (Å²) in [6.45, 7) is 0. The van der Waals surface area contributed by atoms with Crippen molar-refractivity contribution in [3.63, 3.8) is 0 Å². The third-order valence-electron chi connectivity index (χ3n) is 3.71. The third kappa shape index (κ3) is 2.42. The van der Waals surface area contributed by atoms with E-state index in [4.69, 9.17) is 11.6 Å². The fourth-order valence-electron chi connectivity index (χ4n) is 2.70. The lowest BCUT2D eigenvalue weighted by molar-refractivity contribution is -0.384. The zero-order valence-corrected chi connectivity index (χ0v) is 11.8. The third-order valence-corrected chi connectivity index (χ3v) is 4.03. The van der Waals surface area contributed by atoms with Crippen LogP contribution in [-0.2, 0) is 12.8 Å². The number of nitrogens with one attached hydrogen (secondary N) is 1. The van der Waals surface area contributed by atoms with Gasteiger partial charge in [0, 0.05) is 17.2 Å². The summed E-state index contributed by atoms with van der Waals surface area (Å²) < 4.78 is 0. The Kier molecular flexibility index (Phi) is 3.47. The molecule has 108 valence electrons. The van der Waals surface area contributed by atoms with Crippen LogP contribution < -0.4 is 5.56 Å². The summed E-state index contributed by atoms with van der Waals surface area (Å²) in [5.74, 6) is 0. The number of rotatable bonds is 2. The molecule has 3 rings (SSSR count). The van der Waals surface area contributed by atoms with Gasteiger partial charge in [-0.1, -0.05) is 17.7 Å². The second-order valence-electron chi connectivity index (χ2n) is 4.99. The number of halogens is 1. The van der Waals surface area contributed by atoms with Crippen molar-refractivity contribution >= 4 is 17.3 Å². The van der Waals surface area contributed by atoms with Gasteiger partial charge in [0.25, 0.3) is 11.2 Å². The molecule has 0 bridgehead atoms. The van der Waals surface area contributed by atoms with Gasteiger partial charge in [0.2, 0.25) is 0 Å². The zero-order chi connectivity index (χ0) is 15.0. The van der Waals surface area contributed by atoms with E-state index in [1.165, 1.54) is 12.1 Å². The van der Waals surface area contributed by atoms with Gasteiger partial charge in [0.15, 0.2) is 0 Å². The van der Waals surface area contributed by atoms with Crippen LogP contribution in [0.3, 0.4) is 0 Å². The Morgan fingerprint density at radius 3 is 2.67 bits per heavy atom. The molecule has 0 radical (unpaired) electrons. The first-order valence-corrected chi connectivity index (χ1v) is 7.00. The van der Waals surface area contributed by atoms with Crippen molar-refractivity contribution in [2.75, 3.05) is 0 Å². The van der Waals surface area contributed by atoms with Gasteiger partial charge in [0.05, 0.1) is 10.6 Å². The number of aromatic amines is 1. The Balaban J connectivity index is 2.20. The van der Waals surface area contributed by atoms with Gasteiger partial charge in [-0.3, -0.25) is 14.9 Å². The lowest BCUT2D eigenvalue weighted by Crippen LogP contribution is -2.21. The van der Waals surface area contributed by atoms with Crippen molar-refractivity contribution in [1.29, 1.82) is 0 Å². The number of hydrogen-bond acceptors (Lipinski definition) is 4. The number of fused-ring (bicyclic) bond motifs is 1. The molecule has 0 fully saturated rings. The van der Waals surface area contributed by atoms with E-state index < -0.39 is 4.92 Å². The Morgan fingerprint density at radius 1 is 1.24 bits per heavy atom. The minimum absolute atomic E-state index is 0.0852. The maximum absolute atomic E-state index is 11.8. The first-order valence-electron chi connectivity index (χ1n) is 6.62. The van der Waals surface area contributed by atoms with Crippen LogP contribution in [0.5, 0.6) is 0 Å². The van der Waals surface area contributed by atoms with E-state index >= 15 is 0 Å². The molecule has 1 heterocycles. The fraction of sp³-hybridized carbons (Fsp3) is 0.286. The van der Waals surface area contributed by atoms with Crippen LogP contribution in [0.1, 0.15) is 24.0 Å². The quantitative estimate of drug-likeness (QED) is 0.682. The summed E-state index contributed by atoms with van der Waals surface area (Å²) in [4.78, 5) is 22.3. The van der Waals surface area contributed by atoms with Crippen LogP contribution in [0, 0.1) is 10.1 Å². The standard InChI is InChI=1S/C14H12ClN3O3/c15-11-6-5-8(7-12(11)18(20)21)13-9-3-1-2-4-10(9)14(19)17-16-13/h5-7H,1-4H2,(H,17,19). The highest BCUT2D eigenvalue weighted by Crippen LogP contribution is 2.32. The molecule has 21 heavy (non-hydrogen) atoms. The van der Waals surface area contributed by atoms with E-state index in [-0.39, 0.29) is 16.3 Å². The number of nitrogens with zero attached hydrogens (tertiary/aromatic N) is 2. The lowest BCUT2D eigenvalue weighted by Gasteiger charge is -2.17. The van der Waals surface area contributed by atoms with E-state index in [9.17, 15) is 14.9 Å². The normalized spacial score (nSPS) is 13.8. The predicted octanol–water partition coefficient (Wildman–Crippen LogP) is 2.88. The average molecular weight is 306 g/mol. The SMILES string of the molecule is O=c1[nH]nc(-c2ccc(Cl)c([N+](=O)[O-])c2)c2c1CCCC2. The molecule has 1 aliphatic carbocycles. The molecule has 1 aromatic carbocycles. The molecule has 2 aromatic rings. The molecule has 0 amide bonds. The maximum atomic E-state index is 11.8. The van der Waals surface area contributed by atoms with Gasteiger partial charge in [-0.2, -0.15) is 5.10 Å². The summed E-state index contributed by atoms with van der Waals surface area (Å²) in [6, 6.07) is 4.57. The fourth-order valence-corrected chi connectivity index (χ4v) is 2.88. The predicted molar refractivity (Wildman–Crippen MR) is 78.6 cm³/mol. The highest BCUT2D eigenvalue weighted by Gasteiger charge is 2.21. The van der Waals surface area contributed by atoms with E-state index in [0.29, 0.717) is 11.3 Å². The van der Waals surface area contributed by atoms with Gasteiger partial charge in [-0.25, -0.2) is 5.10 Å². The number of nitro benzene ring substituents is 1. The molecule has 1 aliphatic rings. The zero-order valence-electron chi connectivity index (χ0n) is 11.1. The Hall–Kier alpha value is -2.21. The molecular weight excluding hydrogens is 294 g/mol. The van der Waals surface area contributed by atoms with Crippen LogP contribution in [0.15, 0.2) is 23.0 Å². The van der Waals surface area contributed by atoms with Crippen LogP contribution >= 0.6 is 11.6 Å². The monoisotopic (exact) mass is 305 g/mol. The molecule has 0 aliphatic heterocycles. The molecule has 0 saturated carbocycles. The minimum atomic E-state index is -0.524. The minimum Gasteiger partial charge on any atom is -0.268 e. The molecule has 7 heteroatoms. The van der Waals surface area contributed by atoms with Gasteiger partial charge in [-0.05, 0) is 37.3 Å². The molecule has 0 unspecified atom stereocenters. The van der Waals surface area contributed by atoms with E-state index in [1.807, 2.05) is 0 Å². The van der Waals surface area contributed by atoms with Crippen LogP contribution in [0.4, 0.5) is 5.69 Å². The Bertz CT molecular complexity index is 786. The van der Waals surface area contributed by atoms with Gasteiger partial charge in [0.1, 0.15) is 5.02 Å². The van der Waals surface area contributed by atoms with Crippen molar-refractivity contribution in [2.24, 2.45) is 0 Å². The maximum Gasteiger partial charge on any atom is 0.288 e. The molecule has 0 atom stereocenters. The smallest absolute Gasteiger partial charge is 0.268 e. The highest BCUT2D eigenvalue weighted by atomic mass is 35.5. The highest BCUT2D eigenvalue weighted by molar-refractivity contribution is 6.32. The number of H-pyrrole nitrogens is 1. The van der Waals surface area contributed by atoms with Crippen molar-refractivity contribution in [3.05, 3.63) is 54.8 Å². The molecule has 0 spiro atoms. The summed E-state index contributed by atoms with van der Waals surface area (Å²) in [7, 11) is 0. The van der Waals surface area contributed by atoms with Gasteiger partial charge in [-0.15, -0.1) is 0 Å². The molecule has 1 aromatic heterocycles. The molecule has 6 nitrogen and oxygen atoms in total. The van der Waals surface area contributed by atoms with Crippen LogP contribution in [0.25, 0.3) is 11.3 Å². The van der Waals surface area contributed by atoms with Crippen LogP contribution in [-0.4, -0.2) is 15.1 Å². The topological polar surface area (TPSA) is 88.9 Å². The van der Waals surface area contributed by atoms with E-state index in [0.717, 1.165) is 36.8 Å². The van der Waals surface area contributed by atoms with E-state index in [1.54, 1.807) is 6.07 Å². The molecular formula is C14H12ClN3O3. The number of benzene rings is 1. The van der Waals surface area contributed by atoms with Crippen molar-refractivity contribution in [1.82, 2.24) is 10.2 Å². The number of hydrogen-bond donors (Lipinski definition) is 1. The van der Waals surface area contributed by atoms with Crippen molar-refractivity contribution < 1.29 is 4.92 Å². The van der Waals surface area contributed by atoms with Crippen LogP contribution in [0.2, 0.25) is 5.02 Å². The first kappa shape index (κ1) is 13.8. The summed E-state index contributed by atoms with van der Waals surface area (Å²) in [5, 5.41) is 17.6.